The zero-order chi connectivity index (χ0) is 20.2. The molecule has 1 aromatic carbocycles. The van der Waals surface area contributed by atoms with Crippen molar-refractivity contribution < 1.29 is 14.2 Å². The van der Waals surface area contributed by atoms with E-state index < -0.39 is 0 Å². The molecular formula is C23H37N3O3. The van der Waals surface area contributed by atoms with Crippen molar-refractivity contribution in [2.75, 3.05) is 46.0 Å². The van der Waals surface area contributed by atoms with Crippen molar-refractivity contribution in [3.05, 3.63) is 35.9 Å². The maximum Gasteiger partial charge on any atom is 0.193 e. The summed E-state index contributed by atoms with van der Waals surface area (Å²) in [4.78, 5) is 7.10. The number of hydrogen-bond acceptors (Lipinski definition) is 4. The number of guanidine groups is 1. The SMILES string of the molecule is CCNC(=NCCOCc1ccccc1)N1CCC(OCC2CCCCO2)CC1. The molecule has 0 saturated carbocycles. The second-order valence-corrected chi connectivity index (χ2v) is 7.78. The van der Waals surface area contributed by atoms with E-state index in [1.807, 2.05) is 18.2 Å². The summed E-state index contributed by atoms with van der Waals surface area (Å²) in [5.74, 6) is 0.991. The van der Waals surface area contributed by atoms with E-state index in [2.05, 4.69) is 29.3 Å². The van der Waals surface area contributed by atoms with Gasteiger partial charge in [0.15, 0.2) is 5.96 Å². The third-order valence-electron chi connectivity index (χ3n) is 5.48. The molecule has 0 bridgehead atoms. The van der Waals surface area contributed by atoms with Gasteiger partial charge in [0.2, 0.25) is 0 Å². The molecule has 0 aliphatic carbocycles. The predicted molar refractivity (Wildman–Crippen MR) is 116 cm³/mol. The molecule has 29 heavy (non-hydrogen) atoms. The highest BCUT2D eigenvalue weighted by Crippen LogP contribution is 2.18. The second-order valence-electron chi connectivity index (χ2n) is 7.78. The van der Waals surface area contributed by atoms with Gasteiger partial charge in [0.05, 0.1) is 38.6 Å². The summed E-state index contributed by atoms with van der Waals surface area (Å²) in [5.41, 5.74) is 1.20. The highest BCUT2D eigenvalue weighted by Gasteiger charge is 2.23. The van der Waals surface area contributed by atoms with E-state index in [4.69, 9.17) is 19.2 Å². The quantitative estimate of drug-likeness (QED) is 0.390. The van der Waals surface area contributed by atoms with Gasteiger partial charge in [-0.05, 0) is 44.6 Å². The molecule has 162 valence electrons. The van der Waals surface area contributed by atoms with E-state index in [-0.39, 0.29) is 0 Å². The first-order valence-electron chi connectivity index (χ1n) is 11.2. The number of piperidine rings is 1. The number of hydrogen-bond donors (Lipinski definition) is 1. The fourth-order valence-corrected chi connectivity index (χ4v) is 3.82. The van der Waals surface area contributed by atoms with E-state index >= 15 is 0 Å². The molecule has 0 aromatic heterocycles. The summed E-state index contributed by atoms with van der Waals surface area (Å²) in [7, 11) is 0. The van der Waals surface area contributed by atoms with E-state index in [1.165, 1.54) is 18.4 Å². The summed E-state index contributed by atoms with van der Waals surface area (Å²) in [6.07, 6.45) is 6.33. The largest absolute Gasteiger partial charge is 0.376 e. The topological polar surface area (TPSA) is 55.3 Å². The molecule has 3 rings (SSSR count). The lowest BCUT2D eigenvalue weighted by Gasteiger charge is -2.35. The smallest absolute Gasteiger partial charge is 0.193 e. The number of benzene rings is 1. The lowest BCUT2D eigenvalue weighted by molar-refractivity contribution is -0.0721. The Morgan fingerprint density at radius 3 is 2.72 bits per heavy atom. The minimum Gasteiger partial charge on any atom is -0.376 e. The minimum atomic E-state index is 0.302. The van der Waals surface area contributed by atoms with Crippen LogP contribution in [0.25, 0.3) is 0 Å². The summed E-state index contributed by atoms with van der Waals surface area (Å²) in [6.45, 7) is 8.53. The summed E-state index contributed by atoms with van der Waals surface area (Å²) in [6, 6.07) is 10.3. The van der Waals surface area contributed by atoms with Gasteiger partial charge in [-0.1, -0.05) is 30.3 Å². The van der Waals surface area contributed by atoms with Gasteiger partial charge in [-0.15, -0.1) is 0 Å². The van der Waals surface area contributed by atoms with Crippen LogP contribution in [0.4, 0.5) is 0 Å². The van der Waals surface area contributed by atoms with E-state index in [9.17, 15) is 0 Å². The number of likely N-dealkylation sites (tertiary alicyclic amines) is 1. The highest BCUT2D eigenvalue weighted by atomic mass is 16.5. The van der Waals surface area contributed by atoms with Crippen LogP contribution < -0.4 is 5.32 Å². The van der Waals surface area contributed by atoms with Crippen LogP contribution in [0.5, 0.6) is 0 Å². The van der Waals surface area contributed by atoms with Crippen molar-refractivity contribution >= 4 is 5.96 Å². The first-order chi connectivity index (χ1) is 14.3. The fraction of sp³-hybridized carbons (Fsp3) is 0.696. The zero-order valence-corrected chi connectivity index (χ0v) is 17.9. The Kier molecular flexibility index (Phi) is 9.76. The van der Waals surface area contributed by atoms with Crippen LogP contribution in [0, 0.1) is 0 Å². The lowest BCUT2D eigenvalue weighted by atomic mass is 10.1. The molecular weight excluding hydrogens is 366 g/mol. The second kappa shape index (κ2) is 12.8. The Morgan fingerprint density at radius 1 is 1.17 bits per heavy atom. The first-order valence-corrected chi connectivity index (χ1v) is 11.2. The summed E-state index contributed by atoms with van der Waals surface area (Å²) in [5, 5.41) is 3.42. The molecule has 6 heteroatoms. The van der Waals surface area contributed by atoms with Crippen molar-refractivity contribution in [1.29, 1.82) is 0 Å². The molecule has 0 amide bonds. The monoisotopic (exact) mass is 403 g/mol. The van der Waals surface area contributed by atoms with E-state index in [0.29, 0.717) is 32.0 Å². The van der Waals surface area contributed by atoms with Crippen molar-refractivity contribution in [3.63, 3.8) is 0 Å². The molecule has 1 atom stereocenters. The average molecular weight is 404 g/mol. The fourth-order valence-electron chi connectivity index (χ4n) is 3.82. The predicted octanol–water partition coefficient (Wildman–Crippen LogP) is 3.22. The molecule has 2 saturated heterocycles. The molecule has 2 aliphatic rings. The number of aliphatic imine (C=N–C) groups is 1. The van der Waals surface area contributed by atoms with Gasteiger partial charge in [0.25, 0.3) is 0 Å². The van der Waals surface area contributed by atoms with Crippen LogP contribution in [-0.4, -0.2) is 69.1 Å². The highest BCUT2D eigenvalue weighted by molar-refractivity contribution is 5.80. The molecule has 1 unspecified atom stereocenters. The van der Waals surface area contributed by atoms with Crippen molar-refractivity contribution in [2.24, 2.45) is 4.99 Å². The molecule has 1 N–H and O–H groups in total. The van der Waals surface area contributed by atoms with Gasteiger partial charge < -0.3 is 24.4 Å². The van der Waals surface area contributed by atoms with Gasteiger partial charge in [0, 0.05) is 26.2 Å². The van der Waals surface area contributed by atoms with Crippen molar-refractivity contribution in [3.8, 4) is 0 Å². The van der Waals surface area contributed by atoms with Crippen LogP contribution >= 0.6 is 0 Å². The number of ether oxygens (including phenoxy) is 3. The third-order valence-corrected chi connectivity index (χ3v) is 5.48. The van der Waals surface area contributed by atoms with Crippen LogP contribution in [0.1, 0.15) is 44.6 Å². The lowest BCUT2D eigenvalue weighted by Crippen LogP contribution is -2.47. The Hall–Kier alpha value is -1.63. The third kappa shape index (κ3) is 7.96. The van der Waals surface area contributed by atoms with E-state index in [1.54, 1.807) is 0 Å². The average Bonchev–Trinajstić information content (AvgIpc) is 2.78. The maximum absolute atomic E-state index is 6.13. The van der Waals surface area contributed by atoms with Crippen LogP contribution in [-0.2, 0) is 20.8 Å². The standard InChI is InChI=1S/C23H37N3O3/c1-2-24-23(25-13-17-27-18-20-8-4-3-5-9-20)26-14-11-21(12-15-26)29-19-22-10-6-7-16-28-22/h3-5,8-9,21-22H,2,6-7,10-19H2,1H3,(H,24,25). The minimum absolute atomic E-state index is 0.302. The number of nitrogens with one attached hydrogen (secondary N) is 1. The van der Waals surface area contributed by atoms with Crippen LogP contribution in [0.3, 0.4) is 0 Å². The van der Waals surface area contributed by atoms with Gasteiger partial charge in [0.1, 0.15) is 0 Å². The Labute approximate surface area is 175 Å². The van der Waals surface area contributed by atoms with Crippen LogP contribution in [0.15, 0.2) is 35.3 Å². The van der Waals surface area contributed by atoms with Gasteiger partial charge in [-0.2, -0.15) is 0 Å². The summed E-state index contributed by atoms with van der Waals surface area (Å²) < 4.78 is 17.7. The van der Waals surface area contributed by atoms with E-state index in [0.717, 1.165) is 58.1 Å². The molecule has 0 radical (unpaired) electrons. The zero-order valence-electron chi connectivity index (χ0n) is 17.9. The van der Waals surface area contributed by atoms with Gasteiger partial charge >= 0.3 is 0 Å². The molecule has 2 fully saturated rings. The van der Waals surface area contributed by atoms with Gasteiger partial charge in [-0.25, -0.2) is 0 Å². The summed E-state index contributed by atoms with van der Waals surface area (Å²) >= 11 is 0. The molecule has 2 aliphatic heterocycles. The molecule has 2 heterocycles. The number of nitrogens with zero attached hydrogens (tertiary/aromatic N) is 2. The molecule has 1 aromatic rings. The Bertz CT molecular complexity index is 582. The van der Waals surface area contributed by atoms with Crippen molar-refractivity contribution in [2.45, 2.75) is 57.8 Å². The number of rotatable bonds is 9. The van der Waals surface area contributed by atoms with Crippen LogP contribution in [0.2, 0.25) is 0 Å². The maximum atomic E-state index is 6.13. The normalized spacial score (nSPS) is 21.3. The van der Waals surface area contributed by atoms with Gasteiger partial charge in [-0.3, -0.25) is 4.99 Å². The Balaban J connectivity index is 1.34. The Morgan fingerprint density at radius 2 is 2.00 bits per heavy atom. The molecule has 0 spiro atoms. The van der Waals surface area contributed by atoms with Crippen molar-refractivity contribution in [1.82, 2.24) is 10.2 Å². The first kappa shape index (κ1) is 22.1. The molecule has 6 nitrogen and oxygen atoms in total.